The molecule has 0 aromatic heterocycles. The summed E-state index contributed by atoms with van der Waals surface area (Å²) in [5, 5.41) is 3.07. The van der Waals surface area contributed by atoms with E-state index in [1.54, 1.807) is 35.7 Å². The van der Waals surface area contributed by atoms with Gasteiger partial charge in [-0.2, -0.15) is 4.31 Å². The first-order valence-electron chi connectivity index (χ1n) is 10.5. The van der Waals surface area contributed by atoms with Crippen LogP contribution in [0.25, 0.3) is 0 Å². The van der Waals surface area contributed by atoms with Crippen molar-refractivity contribution >= 4 is 15.9 Å². The molecular formula is C21H30N2O5S. The van der Waals surface area contributed by atoms with Gasteiger partial charge in [-0.1, -0.05) is 0 Å². The molecule has 1 aromatic rings. The number of ether oxygens (including phenoxy) is 2. The van der Waals surface area contributed by atoms with Gasteiger partial charge in [-0.25, -0.2) is 8.42 Å². The van der Waals surface area contributed by atoms with Crippen molar-refractivity contribution in [1.29, 1.82) is 0 Å². The molecule has 2 saturated heterocycles. The summed E-state index contributed by atoms with van der Waals surface area (Å²) in [6, 6.07) is 6.90. The largest absolute Gasteiger partial charge is 0.497 e. The highest BCUT2D eigenvalue weighted by Crippen LogP contribution is 2.40. The third-order valence-corrected chi connectivity index (χ3v) is 8.26. The van der Waals surface area contributed by atoms with Crippen LogP contribution in [-0.2, 0) is 19.6 Å². The van der Waals surface area contributed by atoms with Gasteiger partial charge in [0.15, 0.2) is 0 Å². The zero-order valence-corrected chi connectivity index (χ0v) is 17.7. The molecule has 4 rings (SSSR count). The first kappa shape index (κ1) is 20.6. The van der Waals surface area contributed by atoms with E-state index in [9.17, 15) is 13.2 Å². The molecule has 0 radical (unpaired) electrons. The molecule has 2 aliphatic heterocycles. The molecule has 1 saturated carbocycles. The second kappa shape index (κ2) is 8.24. The average Bonchev–Trinajstić information content (AvgIpc) is 3.52. The number of rotatable bonds is 6. The fraction of sp³-hybridized carbons (Fsp3) is 0.667. The highest BCUT2D eigenvalue weighted by Gasteiger charge is 2.43. The Hall–Kier alpha value is -1.64. The average molecular weight is 423 g/mol. The molecule has 3 aliphatic rings. The van der Waals surface area contributed by atoms with Crippen molar-refractivity contribution in [3.8, 4) is 5.75 Å². The Morgan fingerprint density at radius 3 is 2.52 bits per heavy atom. The molecule has 1 N–H and O–H groups in total. The van der Waals surface area contributed by atoms with Crippen LogP contribution in [0.1, 0.15) is 44.9 Å². The lowest BCUT2D eigenvalue weighted by Crippen LogP contribution is -2.51. The quantitative estimate of drug-likeness (QED) is 0.761. The van der Waals surface area contributed by atoms with Crippen LogP contribution >= 0.6 is 0 Å². The van der Waals surface area contributed by atoms with Crippen molar-refractivity contribution < 1.29 is 22.7 Å². The molecule has 2 heterocycles. The molecule has 1 aliphatic carbocycles. The van der Waals surface area contributed by atoms with Crippen LogP contribution < -0.4 is 10.1 Å². The summed E-state index contributed by atoms with van der Waals surface area (Å²) >= 11 is 0. The first-order valence-corrected chi connectivity index (χ1v) is 11.9. The number of carbonyl (C=O) groups is 1. The molecule has 160 valence electrons. The zero-order chi connectivity index (χ0) is 20.5. The van der Waals surface area contributed by atoms with Crippen molar-refractivity contribution in [1.82, 2.24) is 9.62 Å². The van der Waals surface area contributed by atoms with E-state index < -0.39 is 10.0 Å². The molecule has 7 nitrogen and oxygen atoms in total. The molecule has 1 unspecified atom stereocenters. The number of benzene rings is 1. The van der Waals surface area contributed by atoms with Gasteiger partial charge in [0.25, 0.3) is 0 Å². The third kappa shape index (κ3) is 4.75. The van der Waals surface area contributed by atoms with Crippen LogP contribution in [0.2, 0.25) is 0 Å². The van der Waals surface area contributed by atoms with Crippen LogP contribution in [0.15, 0.2) is 29.2 Å². The maximum atomic E-state index is 13.0. The first-order chi connectivity index (χ1) is 13.9. The molecule has 1 atom stereocenters. The number of nitrogens with zero attached hydrogens (tertiary/aromatic N) is 1. The second-order valence-electron chi connectivity index (χ2n) is 8.52. The van der Waals surface area contributed by atoms with Gasteiger partial charge in [0.1, 0.15) is 5.75 Å². The molecule has 0 bridgehead atoms. The summed E-state index contributed by atoms with van der Waals surface area (Å²) in [6.07, 6.45) is 5.82. The van der Waals surface area contributed by atoms with E-state index in [-0.39, 0.29) is 16.4 Å². The number of methoxy groups -OCH3 is 1. The number of hydrogen-bond donors (Lipinski definition) is 1. The minimum atomic E-state index is -3.52. The summed E-state index contributed by atoms with van der Waals surface area (Å²) < 4.78 is 38.7. The SMILES string of the molecule is COc1ccc(S(=O)(=O)N2CCC3(CC2)CC(CC(=O)NC2CC2)CCO3)cc1. The van der Waals surface area contributed by atoms with Gasteiger partial charge in [-0.05, 0) is 68.7 Å². The van der Waals surface area contributed by atoms with E-state index in [2.05, 4.69) is 5.32 Å². The lowest BCUT2D eigenvalue weighted by atomic mass is 9.78. The summed E-state index contributed by atoms with van der Waals surface area (Å²) in [4.78, 5) is 12.5. The van der Waals surface area contributed by atoms with Gasteiger partial charge in [0.2, 0.25) is 15.9 Å². The second-order valence-corrected chi connectivity index (χ2v) is 10.5. The van der Waals surface area contributed by atoms with Crippen molar-refractivity contribution in [2.75, 3.05) is 26.8 Å². The molecule has 3 fully saturated rings. The number of nitrogens with one attached hydrogen (secondary N) is 1. The Kier molecular flexibility index (Phi) is 5.86. The van der Waals surface area contributed by atoms with Crippen molar-refractivity contribution in [2.24, 2.45) is 5.92 Å². The maximum Gasteiger partial charge on any atom is 0.243 e. The standard InChI is InChI=1S/C21H30N2O5S/c1-27-18-4-6-19(7-5-18)29(25,26)23-11-9-21(10-12-23)15-16(8-13-28-21)14-20(24)22-17-2-3-17/h4-7,16-17H,2-3,8-15H2,1H3,(H,22,24). The van der Waals surface area contributed by atoms with Crippen molar-refractivity contribution in [3.63, 3.8) is 0 Å². The lowest BCUT2D eigenvalue weighted by Gasteiger charge is -2.45. The molecule has 29 heavy (non-hydrogen) atoms. The van der Waals surface area contributed by atoms with Crippen LogP contribution in [0.4, 0.5) is 0 Å². The van der Waals surface area contributed by atoms with Gasteiger partial charge >= 0.3 is 0 Å². The van der Waals surface area contributed by atoms with Gasteiger partial charge in [0.05, 0.1) is 17.6 Å². The van der Waals surface area contributed by atoms with Gasteiger partial charge in [0, 0.05) is 32.2 Å². The Labute approximate surface area is 172 Å². The predicted octanol–water partition coefficient (Wildman–Crippen LogP) is 2.31. The van der Waals surface area contributed by atoms with Crippen LogP contribution in [0, 0.1) is 5.92 Å². The Morgan fingerprint density at radius 1 is 1.21 bits per heavy atom. The van der Waals surface area contributed by atoms with E-state index in [4.69, 9.17) is 9.47 Å². The van der Waals surface area contributed by atoms with Gasteiger partial charge in [-0.3, -0.25) is 4.79 Å². The monoisotopic (exact) mass is 422 g/mol. The van der Waals surface area contributed by atoms with Gasteiger partial charge < -0.3 is 14.8 Å². The molecule has 1 amide bonds. The van der Waals surface area contributed by atoms with E-state index in [0.29, 0.717) is 56.7 Å². The molecule has 1 aromatic carbocycles. The van der Waals surface area contributed by atoms with Crippen molar-refractivity contribution in [2.45, 2.75) is 61.5 Å². The van der Waals surface area contributed by atoms with E-state index in [1.165, 1.54) is 0 Å². The van der Waals surface area contributed by atoms with E-state index in [1.807, 2.05) is 0 Å². The van der Waals surface area contributed by atoms with E-state index in [0.717, 1.165) is 25.7 Å². The summed E-state index contributed by atoms with van der Waals surface area (Å²) in [5.41, 5.74) is -0.297. The van der Waals surface area contributed by atoms with Crippen LogP contribution in [-0.4, -0.2) is 57.1 Å². The predicted molar refractivity (Wildman–Crippen MR) is 108 cm³/mol. The molecular weight excluding hydrogens is 392 g/mol. The smallest absolute Gasteiger partial charge is 0.243 e. The Bertz CT molecular complexity index is 827. The fourth-order valence-corrected chi connectivity index (χ4v) is 5.90. The fourth-order valence-electron chi connectivity index (χ4n) is 4.46. The topological polar surface area (TPSA) is 84.9 Å². The zero-order valence-electron chi connectivity index (χ0n) is 16.9. The number of amides is 1. The van der Waals surface area contributed by atoms with Crippen LogP contribution in [0.3, 0.4) is 0 Å². The highest BCUT2D eigenvalue weighted by atomic mass is 32.2. The lowest BCUT2D eigenvalue weighted by molar-refractivity contribution is -0.132. The van der Waals surface area contributed by atoms with Crippen molar-refractivity contribution in [3.05, 3.63) is 24.3 Å². The van der Waals surface area contributed by atoms with Gasteiger partial charge in [-0.15, -0.1) is 0 Å². The van der Waals surface area contributed by atoms with E-state index >= 15 is 0 Å². The number of piperidine rings is 1. The maximum absolute atomic E-state index is 13.0. The molecule has 1 spiro atoms. The number of hydrogen-bond acceptors (Lipinski definition) is 5. The minimum absolute atomic E-state index is 0.147. The normalized spacial score (nSPS) is 24.9. The third-order valence-electron chi connectivity index (χ3n) is 6.34. The Morgan fingerprint density at radius 2 is 1.90 bits per heavy atom. The number of carbonyl (C=O) groups excluding carboxylic acids is 1. The minimum Gasteiger partial charge on any atom is -0.497 e. The highest BCUT2D eigenvalue weighted by molar-refractivity contribution is 7.89. The Balaban J connectivity index is 1.35. The molecule has 8 heteroatoms. The summed E-state index contributed by atoms with van der Waals surface area (Å²) in [6.45, 7) is 1.53. The number of sulfonamides is 1. The summed E-state index contributed by atoms with van der Waals surface area (Å²) in [5.74, 6) is 1.09. The van der Waals surface area contributed by atoms with Crippen LogP contribution in [0.5, 0.6) is 5.75 Å². The summed E-state index contributed by atoms with van der Waals surface area (Å²) in [7, 11) is -1.97.